The summed E-state index contributed by atoms with van der Waals surface area (Å²) < 4.78 is 0. The molecule has 0 fully saturated rings. The molecule has 2 heteroatoms. The topological polar surface area (TPSA) is 20.3 Å². The first-order valence-corrected chi connectivity index (χ1v) is 6.73. The van der Waals surface area contributed by atoms with Gasteiger partial charge in [0, 0.05) is 19.0 Å². The molecule has 0 heterocycles. The van der Waals surface area contributed by atoms with E-state index in [1.807, 2.05) is 4.90 Å². The van der Waals surface area contributed by atoms with Gasteiger partial charge in [-0.1, -0.05) is 46.8 Å². The lowest BCUT2D eigenvalue weighted by Crippen LogP contribution is -2.39. The fourth-order valence-corrected chi connectivity index (χ4v) is 2.07. The second-order valence-electron chi connectivity index (χ2n) is 6.44. The molecule has 0 radical (unpaired) electrons. The Morgan fingerprint density at radius 2 is 1.61 bits per heavy atom. The molecule has 0 saturated carbocycles. The Kier molecular flexibility index (Phi) is 6.97. The first-order valence-electron chi connectivity index (χ1n) is 6.73. The number of carbonyl (C=O) groups is 1. The summed E-state index contributed by atoms with van der Waals surface area (Å²) in [4.78, 5) is 14.4. The maximum atomic E-state index is 12.6. The van der Waals surface area contributed by atoms with E-state index in [1.54, 1.807) is 12.2 Å². The van der Waals surface area contributed by atoms with Crippen molar-refractivity contribution in [3.63, 3.8) is 0 Å². The first-order chi connectivity index (χ1) is 8.22. The quantitative estimate of drug-likeness (QED) is 0.628. The molecule has 0 aromatic carbocycles. The molecule has 0 saturated heterocycles. The monoisotopic (exact) mass is 251 g/mol. The van der Waals surface area contributed by atoms with Gasteiger partial charge in [-0.05, 0) is 17.8 Å². The lowest BCUT2D eigenvalue weighted by Gasteiger charge is -2.32. The van der Waals surface area contributed by atoms with Gasteiger partial charge in [0.05, 0.1) is 0 Å². The standard InChI is InChI=1S/C16H29NO/c1-8-10-17(11-9-2)15(18)14(13(3)4)12-16(5,6)7/h8-9,13-14H,1-2,10-12H2,3-7H3. The summed E-state index contributed by atoms with van der Waals surface area (Å²) in [5, 5.41) is 0. The number of amides is 1. The Bertz CT molecular complexity index is 276. The van der Waals surface area contributed by atoms with Gasteiger partial charge in [-0.3, -0.25) is 4.79 Å². The first kappa shape index (κ1) is 16.9. The predicted molar refractivity (Wildman–Crippen MR) is 79.4 cm³/mol. The highest BCUT2D eigenvalue weighted by molar-refractivity contribution is 5.79. The van der Waals surface area contributed by atoms with Crippen molar-refractivity contribution in [2.45, 2.75) is 41.0 Å². The zero-order valence-electron chi connectivity index (χ0n) is 12.7. The zero-order valence-corrected chi connectivity index (χ0v) is 12.7. The fourth-order valence-electron chi connectivity index (χ4n) is 2.07. The minimum absolute atomic E-state index is 0.0740. The molecular weight excluding hydrogens is 222 g/mol. The Labute approximate surface area is 113 Å². The second kappa shape index (κ2) is 7.40. The Morgan fingerprint density at radius 3 is 1.89 bits per heavy atom. The third-order valence-corrected chi connectivity index (χ3v) is 2.96. The number of nitrogens with zero attached hydrogens (tertiary/aromatic N) is 1. The number of hydrogen-bond acceptors (Lipinski definition) is 1. The largest absolute Gasteiger partial charge is 0.335 e. The number of hydrogen-bond donors (Lipinski definition) is 0. The van der Waals surface area contributed by atoms with Crippen LogP contribution in [0.3, 0.4) is 0 Å². The van der Waals surface area contributed by atoms with Crippen LogP contribution in [0.1, 0.15) is 41.0 Å². The molecule has 1 atom stereocenters. The van der Waals surface area contributed by atoms with Crippen molar-refractivity contribution >= 4 is 5.91 Å². The van der Waals surface area contributed by atoms with Crippen LogP contribution in [0.2, 0.25) is 0 Å². The molecule has 0 rings (SSSR count). The summed E-state index contributed by atoms with van der Waals surface area (Å²) in [6.45, 7) is 19.4. The Hall–Kier alpha value is -1.05. The molecule has 0 aromatic heterocycles. The van der Waals surface area contributed by atoms with Crippen LogP contribution in [0.25, 0.3) is 0 Å². The molecule has 0 spiro atoms. The molecule has 0 aliphatic heterocycles. The van der Waals surface area contributed by atoms with Crippen LogP contribution in [-0.2, 0) is 4.79 Å². The second-order valence-corrected chi connectivity index (χ2v) is 6.44. The SMILES string of the molecule is C=CCN(CC=C)C(=O)C(CC(C)(C)C)C(C)C. The summed E-state index contributed by atoms with van der Waals surface area (Å²) in [7, 11) is 0. The molecule has 0 aliphatic carbocycles. The maximum Gasteiger partial charge on any atom is 0.226 e. The normalized spacial score (nSPS) is 13.2. The van der Waals surface area contributed by atoms with Gasteiger partial charge in [0.25, 0.3) is 0 Å². The van der Waals surface area contributed by atoms with E-state index in [9.17, 15) is 4.79 Å². The lowest BCUT2D eigenvalue weighted by molar-refractivity contribution is -0.137. The molecule has 0 aromatic rings. The minimum Gasteiger partial charge on any atom is -0.335 e. The molecule has 104 valence electrons. The van der Waals surface area contributed by atoms with Gasteiger partial charge < -0.3 is 4.90 Å². The van der Waals surface area contributed by atoms with Crippen LogP contribution in [0.4, 0.5) is 0 Å². The average Bonchev–Trinajstić information content (AvgIpc) is 2.23. The van der Waals surface area contributed by atoms with Gasteiger partial charge in [-0.15, -0.1) is 13.2 Å². The van der Waals surface area contributed by atoms with Crippen molar-refractivity contribution in [3.8, 4) is 0 Å². The summed E-state index contributed by atoms with van der Waals surface area (Å²) in [5.74, 6) is 0.651. The smallest absolute Gasteiger partial charge is 0.226 e. The van der Waals surface area contributed by atoms with Gasteiger partial charge in [-0.2, -0.15) is 0 Å². The van der Waals surface area contributed by atoms with E-state index in [0.717, 1.165) is 6.42 Å². The molecule has 1 unspecified atom stereocenters. The van der Waals surface area contributed by atoms with Crippen molar-refractivity contribution in [1.29, 1.82) is 0 Å². The highest BCUT2D eigenvalue weighted by Gasteiger charge is 2.30. The van der Waals surface area contributed by atoms with Gasteiger partial charge in [0.15, 0.2) is 0 Å². The molecular formula is C16H29NO. The highest BCUT2D eigenvalue weighted by Crippen LogP contribution is 2.30. The average molecular weight is 251 g/mol. The Balaban J connectivity index is 4.91. The summed E-state index contributed by atoms with van der Waals surface area (Å²) >= 11 is 0. The summed E-state index contributed by atoms with van der Waals surface area (Å²) in [6, 6.07) is 0. The summed E-state index contributed by atoms with van der Waals surface area (Å²) in [6.07, 6.45) is 4.46. The van der Waals surface area contributed by atoms with Crippen LogP contribution in [0.15, 0.2) is 25.3 Å². The van der Waals surface area contributed by atoms with Gasteiger partial charge in [0.1, 0.15) is 0 Å². The van der Waals surface area contributed by atoms with Crippen LogP contribution in [-0.4, -0.2) is 23.9 Å². The van der Waals surface area contributed by atoms with Gasteiger partial charge in [-0.25, -0.2) is 0 Å². The highest BCUT2D eigenvalue weighted by atomic mass is 16.2. The van der Waals surface area contributed by atoms with Crippen molar-refractivity contribution in [3.05, 3.63) is 25.3 Å². The van der Waals surface area contributed by atoms with Crippen LogP contribution in [0, 0.1) is 17.3 Å². The number of rotatable bonds is 7. The molecule has 1 amide bonds. The van der Waals surface area contributed by atoms with Gasteiger partial charge in [0.2, 0.25) is 5.91 Å². The van der Waals surface area contributed by atoms with Crippen molar-refractivity contribution in [1.82, 2.24) is 4.90 Å². The maximum absolute atomic E-state index is 12.6. The predicted octanol–water partition coefficient (Wildman–Crippen LogP) is 3.90. The molecule has 0 bridgehead atoms. The third kappa shape index (κ3) is 6.04. The van der Waals surface area contributed by atoms with Crippen LogP contribution in [0.5, 0.6) is 0 Å². The minimum atomic E-state index is 0.0740. The van der Waals surface area contributed by atoms with E-state index in [-0.39, 0.29) is 17.2 Å². The van der Waals surface area contributed by atoms with Crippen LogP contribution >= 0.6 is 0 Å². The summed E-state index contributed by atoms with van der Waals surface area (Å²) in [5.41, 5.74) is 0.165. The van der Waals surface area contributed by atoms with E-state index in [1.165, 1.54) is 0 Å². The molecule has 18 heavy (non-hydrogen) atoms. The van der Waals surface area contributed by atoms with Gasteiger partial charge >= 0.3 is 0 Å². The van der Waals surface area contributed by atoms with Crippen molar-refractivity contribution in [2.75, 3.05) is 13.1 Å². The zero-order chi connectivity index (χ0) is 14.3. The Morgan fingerprint density at radius 1 is 1.17 bits per heavy atom. The van der Waals surface area contributed by atoms with E-state index in [4.69, 9.17) is 0 Å². The molecule has 0 N–H and O–H groups in total. The lowest BCUT2D eigenvalue weighted by atomic mass is 9.79. The van der Waals surface area contributed by atoms with E-state index in [2.05, 4.69) is 47.8 Å². The van der Waals surface area contributed by atoms with E-state index in [0.29, 0.717) is 19.0 Å². The molecule has 0 aliphatic rings. The van der Waals surface area contributed by atoms with Crippen LogP contribution < -0.4 is 0 Å². The van der Waals surface area contributed by atoms with E-state index < -0.39 is 0 Å². The van der Waals surface area contributed by atoms with E-state index >= 15 is 0 Å². The van der Waals surface area contributed by atoms with Crippen molar-refractivity contribution < 1.29 is 4.79 Å². The fraction of sp³-hybridized carbons (Fsp3) is 0.688. The van der Waals surface area contributed by atoms with Crippen molar-refractivity contribution in [2.24, 2.45) is 17.3 Å². The number of carbonyl (C=O) groups excluding carboxylic acids is 1. The third-order valence-electron chi connectivity index (χ3n) is 2.96. The molecule has 2 nitrogen and oxygen atoms in total.